The normalized spacial score (nSPS) is 10.3. The predicted octanol–water partition coefficient (Wildman–Crippen LogP) is 2.41. The minimum atomic E-state index is -0.262. The molecule has 0 radical (unpaired) electrons. The van der Waals surface area contributed by atoms with E-state index in [9.17, 15) is 4.79 Å². The quantitative estimate of drug-likeness (QED) is 0.909. The number of halogens is 2. The van der Waals surface area contributed by atoms with Gasteiger partial charge in [0.05, 0.1) is 27.6 Å². The summed E-state index contributed by atoms with van der Waals surface area (Å²) in [6.07, 6.45) is 3.04. The molecule has 1 aromatic heterocycles. The number of aromatic nitrogens is 2. The number of carbonyl (C=O) groups is 1. The Morgan fingerprint density at radius 3 is 2.89 bits per heavy atom. The second kappa shape index (κ2) is 5.29. The number of carbonyl (C=O) groups excluding carboxylic acids is 1. The largest absolute Gasteiger partial charge is 0.396 e. The summed E-state index contributed by atoms with van der Waals surface area (Å²) in [6.45, 7) is 0.0556. The number of benzene rings is 1. The summed E-state index contributed by atoms with van der Waals surface area (Å²) in [5.41, 5.74) is 6.47. The molecular weight excluding hydrogens is 275 g/mol. The second-order valence-corrected chi connectivity index (χ2v) is 4.41. The summed E-state index contributed by atoms with van der Waals surface area (Å²) < 4.78 is 1.43. The summed E-state index contributed by atoms with van der Waals surface area (Å²) in [5.74, 6) is -0.262. The van der Waals surface area contributed by atoms with Crippen molar-refractivity contribution in [2.24, 2.45) is 0 Å². The molecule has 0 fully saturated rings. The molecule has 0 aliphatic rings. The van der Waals surface area contributed by atoms with Gasteiger partial charge in [-0.1, -0.05) is 29.3 Å². The molecule has 0 saturated carbocycles. The molecule has 2 aromatic rings. The number of nitrogens with two attached hydrogens (primary N) is 1. The average Bonchev–Trinajstić information content (AvgIpc) is 2.70. The first-order chi connectivity index (χ1) is 8.56. The third kappa shape index (κ3) is 2.94. The van der Waals surface area contributed by atoms with Gasteiger partial charge in [-0.25, -0.2) is 0 Å². The molecule has 5 nitrogen and oxygen atoms in total. The number of hydrogen-bond acceptors (Lipinski definition) is 3. The van der Waals surface area contributed by atoms with Gasteiger partial charge in [0, 0.05) is 6.20 Å². The van der Waals surface area contributed by atoms with Crippen molar-refractivity contribution in [3.63, 3.8) is 0 Å². The van der Waals surface area contributed by atoms with Crippen molar-refractivity contribution in [1.82, 2.24) is 9.78 Å². The maximum atomic E-state index is 11.7. The highest BCUT2D eigenvalue weighted by Gasteiger charge is 2.09. The monoisotopic (exact) mass is 284 g/mol. The minimum Gasteiger partial charge on any atom is -0.396 e. The zero-order valence-electron chi connectivity index (χ0n) is 9.23. The molecule has 3 N–H and O–H groups in total. The van der Waals surface area contributed by atoms with Gasteiger partial charge < -0.3 is 11.1 Å². The van der Waals surface area contributed by atoms with Gasteiger partial charge in [-0.3, -0.25) is 9.48 Å². The van der Waals surface area contributed by atoms with E-state index >= 15 is 0 Å². The number of nitrogen functional groups attached to an aromatic ring is 1. The fraction of sp³-hybridized carbons (Fsp3) is 0.0909. The first-order valence-electron chi connectivity index (χ1n) is 5.08. The lowest BCUT2D eigenvalue weighted by molar-refractivity contribution is -0.116. The van der Waals surface area contributed by atoms with Crippen LogP contribution >= 0.6 is 23.2 Å². The third-order valence-electron chi connectivity index (χ3n) is 2.18. The zero-order chi connectivity index (χ0) is 13.1. The molecule has 0 unspecified atom stereocenters. The summed E-state index contributed by atoms with van der Waals surface area (Å²) in [6, 6.07) is 5.02. The van der Waals surface area contributed by atoms with Crippen molar-refractivity contribution in [2.75, 3.05) is 11.1 Å². The zero-order valence-corrected chi connectivity index (χ0v) is 10.7. The van der Waals surface area contributed by atoms with E-state index in [1.165, 1.54) is 10.9 Å². The van der Waals surface area contributed by atoms with Crippen LogP contribution in [-0.4, -0.2) is 15.7 Å². The van der Waals surface area contributed by atoms with Crippen LogP contribution in [0.15, 0.2) is 30.6 Å². The summed E-state index contributed by atoms with van der Waals surface area (Å²) in [4.78, 5) is 11.7. The van der Waals surface area contributed by atoms with E-state index in [2.05, 4.69) is 10.4 Å². The van der Waals surface area contributed by atoms with Crippen molar-refractivity contribution < 1.29 is 4.79 Å². The fourth-order valence-electron chi connectivity index (χ4n) is 1.40. The van der Waals surface area contributed by atoms with E-state index in [0.717, 1.165) is 0 Å². The number of nitrogens with zero attached hydrogens (tertiary/aromatic N) is 2. The average molecular weight is 285 g/mol. The van der Waals surface area contributed by atoms with Gasteiger partial charge in [-0.2, -0.15) is 5.10 Å². The van der Waals surface area contributed by atoms with Crippen LogP contribution in [0.3, 0.4) is 0 Å². The number of amides is 1. The maximum Gasteiger partial charge on any atom is 0.246 e. The summed E-state index contributed by atoms with van der Waals surface area (Å²) >= 11 is 11.8. The first-order valence-corrected chi connectivity index (χ1v) is 5.83. The van der Waals surface area contributed by atoms with Crippen LogP contribution in [0.4, 0.5) is 11.4 Å². The van der Waals surface area contributed by atoms with Crippen molar-refractivity contribution in [3.05, 3.63) is 40.6 Å². The summed E-state index contributed by atoms with van der Waals surface area (Å²) in [5, 5.41) is 7.26. The molecular formula is C11H10Cl2N4O. The van der Waals surface area contributed by atoms with Crippen LogP contribution in [0.2, 0.25) is 10.0 Å². The molecule has 2 rings (SSSR count). The van der Waals surface area contributed by atoms with E-state index < -0.39 is 0 Å². The highest BCUT2D eigenvalue weighted by atomic mass is 35.5. The Balaban J connectivity index is 2.05. The molecule has 0 aliphatic carbocycles. The molecule has 18 heavy (non-hydrogen) atoms. The van der Waals surface area contributed by atoms with Gasteiger partial charge in [0.25, 0.3) is 0 Å². The van der Waals surface area contributed by atoms with Crippen LogP contribution in [0, 0.1) is 0 Å². The Morgan fingerprint density at radius 1 is 1.44 bits per heavy atom. The molecule has 0 spiro atoms. The molecule has 0 aliphatic heterocycles. The molecule has 7 heteroatoms. The van der Waals surface area contributed by atoms with Crippen molar-refractivity contribution >= 4 is 40.5 Å². The van der Waals surface area contributed by atoms with Gasteiger partial charge in [-0.15, -0.1) is 0 Å². The van der Waals surface area contributed by atoms with Gasteiger partial charge in [0.2, 0.25) is 5.91 Å². The SMILES string of the molecule is Nc1cnn(CC(=O)Nc2cccc(Cl)c2Cl)c1. The maximum absolute atomic E-state index is 11.7. The molecule has 0 saturated heterocycles. The molecule has 0 bridgehead atoms. The number of rotatable bonds is 3. The van der Waals surface area contributed by atoms with E-state index in [4.69, 9.17) is 28.9 Å². The lowest BCUT2D eigenvalue weighted by Crippen LogP contribution is -2.19. The van der Waals surface area contributed by atoms with E-state index in [0.29, 0.717) is 21.4 Å². The predicted molar refractivity (Wildman–Crippen MR) is 71.7 cm³/mol. The number of hydrogen-bond donors (Lipinski definition) is 2. The molecule has 94 valence electrons. The van der Waals surface area contributed by atoms with E-state index in [-0.39, 0.29) is 12.5 Å². The van der Waals surface area contributed by atoms with Crippen molar-refractivity contribution in [2.45, 2.75) is 6.54 Å². The van der Waals surface area contributed by atoms with Crippen LogP contribution < -0.4 is 11.1 Å². The van der Waals surface area contributed by atoms with Crippen molar-refractivity contribution in [1.29, 1.82) is 0 Å². The van der Waals surface area contributed by atoms with E-state index in [1.54, 1.807) is 24.4 Å². The van der Waals surface area contributed by atoms with Gasteiger partial charge in [-0.05, 0) is 12.1 Å². The van der Waals surface area contributed by atoms with Gasteiger partial charge in [0.1, 0.15) is 6.54 Å². The van der Waals surface area contributed by atoms with Crippen LogP contribution in [0.25, 0.3) is 0 Å². The van der Waals surface area contributed by atoms with Gasteiger partial charge >= 0.3 is 0 Å². The Kier molecular flexibility index (Phi) is 3.74. The lowest BCUT2D eigenvalue weighted by atomic mass is 10.3. The lowest BCUT2D eigenvalue weighted by Gasteiger charge is -2.08. The molecule has 1 aromatic carbocycles. The van der Waals surface area contributed by atoms with Gasteiger partial charge in [0.15, 0.2) is 0 Å². The van der Waals surface area contributed by atoms with Crippen LogP contribution in [0.5, 0.6) is 0 Å². The topological polar surface area (TPSA) is 72.9 Å². The van der Waals surface area contributed by atoms with Crippen molar-refractivity contribution in [3.8, 4) is 0 Å². The third-order valence-corrected chi connectivity index (χ3v) is 3.00. The highest BCUT2D eigenvalue weighted by molar-refractivity contribution is 6.43. The molecule has 1 heterocycles. The highest BCUT2D eigenvalue weighted by Crippen LogP contribution is 2.29. The second-order valence-electron chi connectivity index (χ2n) is 3.62. The summed E-state index contributed by atoms with van der Waals surface area (Å²) in [7, 11) is 0. The first kappa shape index (κ1) is 12.7. The smallest absolute Gasteiger partial charge is 0.246 e. The molecule has 1 amide bonds. The molecule has 0 atom stereocenters. The van der Waals surface area contributed by atoms with Crippen LogP contribution in [0.1, 0.15) is 0 Å². The van der Waals surface area contributed by atoms with Crippen LogP contribution in [-0.2, 0) is 11.3 Å². The fourth-order valence-corrected chi connectivity index (χ4v) is 1.75. The standard InChI is InChI=1S/C11H10Cl2N4O/c12-8-2-1-3-9(11(8)13)16-10(18)6-17-5-7(14)4-15-17/h1-5H,6,14H2,(H,16,18). The Bertz CT molecular complexity index is 582. The minimum absolute atomic E-state index is 0.0556. The Morgan fingerprint density at radius 2 is 2.22 bits per heavy atom. The number of nitrogens with one attached hydrogen (secondary N) is 1. The van der Waals surface area contributed by atoms with E-state index in [1.807, 2.05) is 0 Å². The number of anilines is 2. The Hall–Kier alpha value is -1.72. The Labute approximate surface area is 113 Å².